The van der Waals surface area contributed by atoms with E-state index in [1.807, 2.05) is 261 Å². The zero-order valence-corrected chi connectivity index (χ0v) is 80.0. The molecule has 2 aliphatic heterocycles. The summed E-state index contributed by atoms with van der Waals surface area (Å²) in [5.74, 6) is 1.57. The number of fused-ring (bicyclic) bond motifs is 9. The summed E-state index contributed by atoms with van der Waals surface area (Å²) in [5, 5.41) is 36.4. The summed E-state index contributed by atoms with van der Waals surface area (Å²) < 4.78 is 51.6. The van der Waals surface area contributed by atoms with Crippen molar-refractivity contribution in [2.24, 2.45) is 7.05 Å². The van der Waals surface area contributed by atoms with Crippen LogP contribution in [0.4, 0.5) is 17.1 Å². The van der Waals surface area contributed by atoms with Crippen LogP contribution in [0.2, 0.25) is 0 Å². The van der Waals surface area contributed by atoms with E-state index in [1.165, 1.54) is 33.4 Å². The van der Waals surface area contributed by atoms with Gasteiger partial charge in [-0.15, -0.1) is 107 Å². The Kier molecular flexibility index (Phi) is 32.3. The second-order valence-electron chi connectivity index (χ2n) is 30.2. The zero-order valence-electron chi connectivity index (χ0n) is 71.1. The van der Waals surface area contributed by atoms with Crippen LogP contribution in [-0.4, -0.2) is 76.6 Å². The predicted molar refractivity (Wildman–Crippen MR) is 510 cm³/mol. The van der Waals surface area contributed by atoms with Gasteiger partial charge >= 0.3 is 60.3 Å². The van der Waals surface area contributed by atoms with Crippen molar-refractivity contribution in [1.82, 2.24) is 28.9 Å². The number of aromatic nitrogens is 6. The SMILES string of the molecule is CC(=[N-])/C=C(/C)N(C)c1[c-]cc(-c2ccc3c4ccccc4n(C(C)(C)C)c3c2)cc1.CN(/C=C\C=[N-])c1[c-]cc(-c2ccc3c(c2)P(=O)(c2ccccc2)c2ccccc2-3)cc1.CN(/C=C\C=[N-])c1[c-]cc(-c2ccc3c(c2)S(=O)(=O)c2ccccc2-3)cc1.Cn1ccnc1-c1[c-]cccc1.[Ir+3].[Ir+3].[Ir+3].[c-]1ccccc1-c1ncco1.[c-]1ccccc1-n1cccn1. The van der Waals surface area contributed by atoms with E-state index >= 15 is 0 Å². The first kappa shape index (κ1) is 94.7. The number of nitrogens with zero attached hydrogens (tertiary/aromatic N) is 12. The molecule has 1 atom stereocenters. The Hall–Kier alpha value is -13.0. The first-order valence-corrected chi connectivity index (χ1v) is 43.3. The molecule has 16 nitrogen and oxygen atoms in total. The van der Waals surface area contributed by atoms with Crippen LogP contribution in [0.15, 0.2) is 379 Å². The van der Waals surface area contributed by atoms with Crippen molar-refractivity contribution in [3.63, 3.8) is 0 Å². The molecule has 0 fully saturated rings. The van der Waals surface area contributed by atoms with Crippen LogP contribution in [0.1, 0.15) is 34.6 Å². The van der Waals surface area contributed by atoms with Crippen molar-refractivity contribution in [2.45, 2.75) is 49.9 Å². The number of allylic oxidation sites excluding steroid dienone is 4. The summed E-state index contributed by atoms with van der Waals surface area (Å²) in [6, 6.07) is 114. The fourth-order valence-electron chi connectivity index (χ4n) is 14.8. The van der Waals surface area contributed by atoms with Crippen molar-refractivity contribution in [3.8, 4) is 84.2 Å². The third-order valence-electron chi connectivity index (χ3n) is 20.9. The average Bonchev–Trinajstić information content (AvgIpc) is 1.56. The summed E-state index contributed by atoms with van der Waals surface area (Å²) >= 11 is 0. The molecule has 4 aromatic heterocycles. The molecule has 0 spiro atoms. The van der Waals surface area contributed by atoms with Gasteiger partial charge in [0.25, 0.3) is 0 Å². The molecule has 13 aromatic carbocycles. The van der Waals surface area contributed by atoms with E-state index in [0.29, 0.717) is 21.4 Å². The number of para-hydroxylation sites is 2. The van der Waals surface area contributed by atoms with Gasteiger partial charge in [-0.25, -0.2) is 8.42 Å². The molecular formula is C106H88Ir3N12O4PS. The van der Waals surface area contributed by atoms with Crippen molar-refractivity contribution in [1.29, 1.82) is 0 Å². The van der Waals surface area contributed by atoms with E-state index in [0.717, 1.165) is 124 Å². The van der Waals surface area contributed by atoms with E-state index in [4.69, 9.17) is 15.2 Å². The molecular weight excluding hydrogens is 2140 g/mol. The molecule has 0 bridgehead atoms. The first-order valence-electron chi connectivity index (χ1n) is 40.1. The Morgan fingerprint density at radius 3 is 1.57 bits per heavy atom. The van der Waals surface area contributed by atoms with Crippen molar-refractivity contribution >= 4 is 89.9 Å². The van der Waals surface area contributed by atoms with Crippen molar-refractivity contribution < 1.29 is 77.7 Å². The molecule has 0 amide bonds. The van der Waals surface area contributed by atoms with Crippen LogP contribution >= 0.6 is 7.14 Å². The third-order valence-corrected chi connectivity index (χ3v) is 25.9. The maximum atomic E-state index is 14.6. The number of benzene rings is 13. The number of oxazole rings is 1. The second kappa shape index (κ2) is 43.3. The van der Waals surface area contributed by atoms with Gasteiger partial charge in [0.1, 0.15) is 5.89 Å². The fourth-order valence-corrected chi connectivity index (χ4v) is 19.6. The number of sulfone groups is 1. The van der Waals surface area contributed by atoms with Crippen LogP contribution in [-0.2, 0) is 87.3 Å². The Morgan fingerprint density at radius 1 is 0.488 bits per heavy atom. The summed E-state index contributed by atoms with van der Waals surface area (Å²) in [6.07, 6.45) is 20.8. The molecule has 0 aliphatic carbocycles. The Bertz CT molecular complexity index is 6770. The van der Waals surface area contributed by atoms with Crippen LogP contribution in [0.3, 0.4) is 0 Å². The number of hydrogen-bond acceptors (Lipinski definition) is 10. The molecule has 6 heterocycles. The van der Waals surface area contributed by atoms with Crippen molar-refractivity contribution in [2.75, 3.05) is 35.8 Å². The smallest absolute Gasteiger partial charge is 0.811 e. The molecule has 0 saturated carbocycles. The minimum Gasteiger partial charge on any atom is -0.811 e. The maximum absolute atomic E-state index is 14.6. The molecule has 127 heavy (non-hydrogen) atoms. The molecule has 634 valence electrons. The van der Waals surface area contributed by atoms with Gasteiger partial charge < -0.3 is 49.0 Å². The molecule has 19 rings (SSSR count). The average molecular weight is 2230 g/mol. The Balaban J connectivity index is 0.000000154. The zero-order chi connectivity index (χ0) is 86.9. The number of aryl methyl sites for hydroxylation is 1. The van der Waals surface area contributed by atoms with Gasteiger partial charge in [0.2, 0.25) is 9.84 Å². The minimum absolute atomic E-state index is 0. The summed E-state index contributed by atoms with van der Waals surface area (Å²) in [7, 11) is 1.28. The monoisotopic (exact) mass is 2230 g/mol. The van der Waals surface area contributed by atoms with Gasteiger partial charge in [0.05, 0.1) is 28.1 Å². The topological polar surface area (TPSA) is 194 Å². The van der Waals surface area contributed by atoms with Crippen LogP contribution in [0, 0.1) is 36.4 Å². The van der Waals surface area contributed by atoms with Gasteiger partial charge in [-0.2, -0.15) is 102 Å². The van der Waals surface area contributed by atoms with Crippen LogP contribution in [0.5, 0.6) is 0 Å². The summed E-state index contributed by atoms with van der Waals surface area (Å²) in [6.45, 7) is 10.4. The molecule has 2 aliphatic rings. The quantitative estimate of drug-likeness (QED) is 0.0510. The van der Waals surface area contributed by atoms with Gasteiger partial charge in [0, 0.05) is 113 Å². The van der Waals surface area contributed by atoms with E-state index in [9.17, 15) is 18.4 Å². The predicted octanol–water partition coefficient (Wildman–Crippen LogP) is 23.0. The normalized spacial score (nSPS) is 12.8. The molecule has 1 unspecified atom stereocenters. The number of anilines is 3. The summed E-state index contributed by atoms with van der Waals surface area (Å²) in [5.41, 5.74) is 19.0. The van der Waals surface area contributed by atoms with Gasteiger partial charge in [-0.05, 0) is 87.2 Å². The van der Waals surface area contributed by atoms with Gasteiger partial charge in [-0.3, -0.25) is 14.6 Å². The molecule has 0 radical (unpaired) electrons. The molecule has 17 aromatic rings. The third kappa shape index (κ3) is 21.8. The van der Waals surface area contributed by atoms with E-state index in [2.05, 4.69) is 156 Å². The van der Waals surface area contributed by atoms with Gasteiger partial charge in [0.15, 0.2) is 7.14 Å². The van der Waals surface area contributed by atoms with E-state index < -0.39 is 17.0 Å². The number of hydrogen-bond donors (Lipinski definition) is 0. The Labute approximate surface area is 784 Å². The largest absolute Gasteiger partial charge is 3.00 e. The van der Waals surface area contributed by atoms with Crippen LogP contribution < -0.4 is 30.6 Å². The fraction of sp³-hybridized carbons (Fsp3) is 0.0943. The number of imidazole rings is 1. The standard InChI is InChI=1S/C28H29N3.C28H21N2OP.C22H16N2O2S.C10H9N2.C9H7N2.C9H6NO.3Ir/c1-19(29)17-20(2)30(6)23-14-11-21(12-15-23)22-13-16-25-24-9-7-8-10-26(24)31(27(25)18-22)28(3,4)5;1-30(19-7-18-29)23-15-12-21(13-16-23)22-14-17-26-25-10-5-6-11-27(25)32(31,28(26)20-22)24-8-3-2-4-9-24;1-24(14-4-13-23)18-10-7-16(8-11-18)17-9-12-20-19-5-2-3-6-21(19)27(25,26)22(20)15-17;1-12-8-7-11-10(12)9-5-3-2-4-6-9;1-2-5-9(6-3-1)11-8-4-7-10-11;1-2-4-8(5-3-1)9-10-6-7-11-9;;;/h7-14,16-18H,1-6H3;2-15,17-20H,1H3;2-10,12-15H,1H3;2-5,7-8H,1H3;1-5,7-8H;1-4,6-7H;;;/q3*-2;3*-1;3*+3/b20-17-;19-7-;14-4-;;;;;;. The molecule has 21 heteroatoms. The molecule has 0 N–H and O–H groups in total. The second-order valence-corrected chi connectivity index (χ2v) is 34.8. The number of rotatable bonds is 16. The minimum atomic E-state index is -3.48. The van der Waals surface area contributed by atoms with Gasteiger partial charge in [-0.1, -0.05) is 198 Å². The molecule has 0 saturated heterocycles. The first-order chi connectivity index (χ1) is 60.1. The Morgan fingerprint density at radius 2 is 1.02 bits per heavy atom. The van der Waals surface area contributed by atoms with Crippen LogP contribution in [0.25, 0.3) is 122 Å². The summed E-state index contributed by atoms with van der Waals surface area (Å²) in [4.78, 5) is 14.6. The maximum Gasteiger partial charge on any atom is 3.00 e. The van der Waals surface area contributed by atoms with E-state index in [1.54, 1.807) is 79.2 Å². The van der Waals surface area contributed by atoms with E-state index in [-0.39, 0.29) is 65.9 Å². The van der Waals surface area contributed by atoms with Crippen molar-refractivity contribution in [3.05, 3.63) is 417 Å².